The molecule has 110 valence electrons. The van der Waals surface area contributed by atoms with Crippen molar-refractivity contribution >= 4 is 5.91 Å². The van der Waals surface area contributed by atoms with Crippen LogP contribution in [0.2, 0.25) is 0 Å². The van der Waals surface area contributed by atoms with Crippen LogP contribution in [-0.4, -0.2) is 88.2 Å². The van der Waals surface area contributed by atoms with Gasteiger partial charge in [-0.1, -0.05) is 0 Å². The number of nitrogens with zero attached hydrogens (tertiary/aromatic N) is 3. The van der Waals surface area contributed by atoms with Crippen molar-refractivity contribution in [2.24, 2.45) is 17.8 Å². The second-order valence-corrected chi connectivity index (χ2v) is 6.28. The number of rotatable bonds is 7. The van der Waals surface area contributed by atoms with Crippen LogP contribution in [0.4, 0.5) is 0 Å². The molecule has 1 heterocycles. The largest absolute Gasteiger partial charge is 0.383 e. The average molecular weight is 269 g/mol. The summed E-state index contributed by atoms with van der Waals surface area (Å²) in [5.74, 6) is 2.62. The van der Waals surface area contributed by atoms with Gasteiger partial charge in [-0.2, -0.15) is 0 Å². The van der Waals surface area contributed by atoms with Crippen molar-refractivity contribution in [2.45, 2.75) is 0 Å². The highest BCUT2D eigenvalue weighted by atomic mass is 16.5. The summed E-state index contributed by atoms with van der Waals surface area (Å²) in [4.78, 5) is 18.5. The normalized spacial score (nSPS) is 29.2. The molecule has 0 aromatic rings. The molecule has 2 rings (SSSR count). The molecule has 0 aromatic carbocycles. The lowest BCUT2D eigenvalue weighted by atomic mass is 10.2. The molecule has 0 aromatic heterocycles. The van der Waals surface area contributed by atoms with E-state index in [2.05, 4.69) is 19.0 Å². The van der Waals surface area contributed by atoms with Gasteiger partial charge in [0.25, 0.3) is 0 Å². The smallest absolute Gasteiger partial charge is 0.236 e. The van der Waals surface area contributed by atoms with E-state index in [4.69, 9.17) is 4.74 Å². The molecule has 2 aliphatic rings. The van der Waals surface area contributed by atoms with Crippen LogP contribution in [0.15, 0.2) is 0 Å². The van der Waals surface area contributed by atoms with Gasteiger partial charge in [0.05, 0.1) is 13.2 Å². The predicted molar refractivity (Wildman–Crippen MR) is 75.0 cm³/mol. The number of fused-ring (bicyclic) bond motifs is 1. The number of piperidine rings is 1. The van der Waals surface area contributed by atoms with E-state index in [0.29, 0.717) is 13.2 Å². The Morgan fingerprint density at radius 3 is 2.42 bits per heavy atom. The summed E-state index contributed by atoms with van der Waals surface area (Å²) < 4.78 is 5.02. The number of likely N-dealkylation sites (tertiary alicyclic amines) is 1. The Bertz CT molecular complexity index is 310. The zero-order valence-corrected chi connectivity index (χ0v) is 12.6. The van der Waals surface area contributed by atoms with Gasteiger partial charge in [-0.05, 0) is 38.9 Å². The van der Waals surface area contributed by atoms with Gasteiger partial charge < -0.3 is 14.5 Å². The quantitative estimate of drug-likeness (QED) is 0.643. The van der Waals surface area contributed by atoms with Crippen molar-refractivity contribution in [3.63, 3.8) is 0 Å². The van der Waals surface area contributed by atoms with Crippen LogP contribution in [0.25, 0.3) is 0 Å². The maximum Gasteiger partial charge on any atom is 0.236 e. The van der Waals surface area contributed by atoms with Crippen LogP contribution in [0.3, 0.4) is 0 Å². The summed E-state index contributed by atoms with van der Waals surface area (Å²) in [7, 11) is 7.92. The first-order chi connectivity index (χ1) is 9.02. The number of carbonyl (C=O) groups excluding carboxylic acids is 1. The van der Waals surface area contributed by atoms with Gasteiger partial charge in [0, 0.05) is 33.3 Å². The second-order valence-electron chi connectivity index (χ2n) is 6.28. The molecule has 1 unspecified atom stereocenters. The molecular weight excluding hydrogens is 242 g/mol. The Morgan fingerprint density at radius 2 is 1.89 bits per heavy atom. The van der Waals surface area contributed by atoms with Gasteiger partial charge in [0.1, 0.15) is 0 Å². The second kappa shape index (κ2) is 6.20. The SMILES string of the molecule is COCCN(C)CC(=O)N1C[C@@H]2C(CN(C)C)[C@@H]2C1. The van der Waals surface area contributed by atoms with E-state index in [1.165, 1.54) is 6.54 Å². The molecule has 1 saturated carbocycles. The van der Waals surface area contributed by atoms with E-state index in [-0.39, 0.29) is 5.91 Å². The summed E-state index contributed by atoms with van der Waals surface area (Å²) in [6.45, 7) is 5.12. The number of ether oxygens (including phenoxy) is 1. The average Bonchev–Trinajstić information content (AvgIpc) is 2.80. The van der Waals surface area contributed by atoms with Gasteiger partial charge in [-0.15, -0.1) is 0 Å². The van der Waals surface area contributed by atoms with Crippen molar-refractivity contribution < 1.29 is 9.53 Å². The fourth-order valence-corrected chi connectivity index (χ4v) is 3.20. The van der Waals surface area contributed by atoms with E-state index in [1.807, 2.05) is 16.8 Å². The molecule has 1 aliphatic heterocycles. The summed E-state index contributed by atoms with van der Waals surface area (Å²) >= 11 is 0. The Morgan fingerprint density at radius 1 is 1.26 bits per heavy atom. The van der Waals surface area contributed by atoms with E-state index in [9.17, 15) is 4.79 Å². The molecule has 0 radical (unpaired) electrons. The van der Waals surface area contributed by atoms with E-state index >= 15 is 0 Å². The van der Waals surface area contributed by atoms with Gasteiger partial charge in [-0.3, -0.25) is 9.69 Å². The van der Waals surface area contributed by atoms with E-state index in [1.54, 1.807) is 7.11 Å². The third-order valence-corrected chi connectivity index (χ3v) is 4.38. The molecule has 1 aliphatic carbocycles. The number of likely N-dealkylation sites (N-methyl/N-ethyl adjacent to an activating group) is 1. The molecule has 3 atom stereocenters. The topological polar surface area (TPSA) is 36.0 Å². The molecule has 1 amide bonds. The highest BCUT2D eigenvalue weighted by Crippen LogP contribution is 2.51. The van der Waals surface area contributed by atoms with Crippen molar-refractivity contribution in [1.29, 1.82) is 0 Å². The first-order valence-corrected chi connectivity index (χ1v) is 7.13. The molecule has 0 spiro atoms. The maximum atomic E-state index is 12.1. The van der Waals surface area contributed by atoms with Crippen molar-refractivity contribution in [3.05, 3.63) is 0 Å². The molecule has 19 heavy (non-hydrogen) atoms. The molecule has 5 nitrogen and oxygen atoms in total. The van der Waals surface area contributed by atoms with Crippen LogP contribution >= 0.6 is 0 Å². The lowest BCUT2D eigenvalue weighted by molar-refractivity contribution is -0.131. The Balaban J connectivity index is 1.68. The minimum atomic E-state index is 0.273. The Labute approximate surface area is 116 Å². The number of methoxy groups -OCH3 is 1. The van der Waals surface area contributed by atoms with Crippen molar-refractivity contribution in [1.82, 2.24) is 14.7 Å². The first-order valence-electron chi connectivity index (χ1n) is 7.13. The van der Waals surface area contributed by atoms with Crippen molar-refractivity contribution in [3.8, 4) is 0 Å². The fourth-order valence-electron chi connectivity index (χ4n) is 3.20. The zero-order valence-electron chi connectivity index (χ0n) is 12.6. The first kappa shape index (κ1) is 14.8. The third kappa shape index (κ3) is 3.68. The third-order valence-electron chi connectivity index (χ3n) is 4.38. The van der Waals surface area contributed by atoms with Crippen LogP contribution < -0.4 is 0 Å². The number of hydrogen-bond acceptors (Lipinski definition) is 4. The molecule has 2 fully saturated rings. The zero-order chi connectivity index (χ0) is 14.0. The van der Waals surface area contributed by atoms with Crippen molar-refractivity contribution in [2.75, 3.05) is 67.6 Å². The highest BCUT2D eigenvalue weighted by molar-refractivity contribution is 5.78. The minimum absolute atomic E-state index is 0.273. The summed E-state index contributed by atoms with van der Waals surface area (Å²) in [6.07, 6.45) is 0. The summed E-state index contributed by atoms with van der Waals surface area (Å²) in [5, 5.41) is 0. The van der Waals surface area contributed by atoms with Crippen LogP contribution in [0.1, 0.15) is 0 Å². The lowest BCUT2D eigenvalue weighted by Crippen LogP contribution is -2.40. The maximum absolute atomic E-state index is 12.1. The fraction of sp³-hybridized carbons (Fsp3) is 0.929. The molecule has 0 bridgehead atoms. The van der Waals surface area contributed by atoms with E-state index < -0.39 is 0 Å². The number of amides is 1. The van der Waals surface area contributed by atoms with Crippen LogP contribution in [-0.2, 0) is 9.53 Å². The highest BCUT2D eigenvalue weighted by Gasteiger charge is 2.56. The van der Waals surface area contributed by atoms with Gasteiger partial charge in [-0.25, -0.2) is 0 Å². The van der Waals surface area contributed by atoms with Crippen LogP contribution in [0, 0.1) is 17.8 Å². The minimum Gasteiger partial charge on any atom is -0.383 e. The predicted octanol–water partition coefficient (Wildman–Crippen LogP) is -0.169. The Hall–Kier alpha value is -0.650. The summed E-state index contributed by atoms with van der Waals surface area (Å²) in [5.41, 5.74) is 0. The van der Waals surface area contributed by atoms with Gasteiger partial charge >= 0.3 is 0 Å². The summed E-state index contributed by atoms with van der Waals surface area (Å²) in [6, 6.07) is 0. The monoisotopic (exact) mass is 269 g/mol. The molecular formula is C14H27N3O2. The van der Waals surface area contributed by atoms with Crippen LogP contribution in [0.5, 0.6) is 0 Å². The molecule has 5 heteroatoms. The Kier molecular flexibility index (Phi) is 4.81. The number of hydrogen-bond donors (Lipinski definition) is 0. The van der Waals surface area contributed by atoms with E-state index in [0.717, 1.165) is 37.4 Å². The van der Waals surface area contributed by atoms with Gasteiger partial charge in [0.15, 0.2) is 0 Å². The lowest BCUT2D eigenvalue weighted by Gasteiger charge is -2.24. The molecule has 1 saturated heterocycles. The number of carbonyl (C=O) groups is 1. The standard InChI is InChI=1S/C14H27N3O2/c1-15(2)7-11-12-8-17(9-13(11)12)14(18)10-16(3)5-6-19-4/h11-13H,5-10H2,1-4H3/t11?,12-,13+. The van der Waals surface area contributed by atoms with Gasteiger partial charge in [0.2, 0.25) is 5.91 Å². The molecule has 0 N–H and O–H groups in total.